The van der Waals surface area contributed by atoms with E-state index in [0.29, 0.717) is 5.56 Å². The molecule has 0 radical (unpaired) electrons. The maximum absolute atomic E-state index is 12.1. The first-order valence-electron chi connectivity index (χ1n) is 8.71. The molecule has 1 fully saturated rings. The van der Waals surface area contributed by atoms with Crippen LogP contribution in [-0.2, 0) is 9.47 Å². The molecule has 1 aliphatic rings. The van der Waals surface area contributed by atoms with Crippen LogP contribution in [0.1, 0.15) is 36.5 Å². The Hall–Kier alpha value is -1.16. The lowest BCUT2D eigenvalue weighted by Crippen LogP contribution is -2.58. The summed E-state index contributed by atoms with van der Waals surface area (Å²) in [5.74, 6) is 0.434. The maximum atomic E-state index is 12.1. The first-order chi connectivity index (χ1) is 12.4. The van der Waals surface area contributed by atoms with E-state index in [4.69, 9.17) is 9.47 Å². The van der Waals surface area contributed by atoms with Gasteiger partial charge in [-0.15, -0.1) is 11.8 Å². The number of carbonyl (C=O) groups is 1. The van der Waals surface area contributed by atoms with E-state index in [2.05, 4.69) is 6.92 Å². The van der Waals surface area contributed by atoms with Crippen LogP contribution in [0, 0.1) is 0 Å². The molecule has 4 N–H and O–H groups in total. The van der Waals surface area contributed by atoms with Crippen molar-refractivity contribution in [3.63, 3.8) is 0 Å². The monoisotopic (exact) mass is 386 g/mol. The average molecular weight is 386 g/mol. The molecule has 1 aromatic rings. The van der Waals surface area contributed by atoms with Crippen LogP contribution in [-0.4, -0.2) is 69.5 Å². The van der Waals surface area contributed by atoms with E-state index in [9.17, 15) is 25.2 Å². The molecule has 0 aromatic heterocycles. The van der Waals surface area contributed by atoms with Crippen molar-refractivity contribution in [2.24, 2.45) is 0 Å². The Bertz CT molecular complexity index is 565. The van der Waals surface area contributed by atoms with E-state index in [-0.39, 0.29) is 6.61 Å². The fourth-order valence-corrected chi connectivity index (χ4v) is 3.45. The lowest BCUT2D eigenvalue weighted by Gasteiger charge is -2.37. The molecule has 7 nitrogen and oxygen atoms in total. The summed E-state index contributed by atoms with van der Waals surface area (Å²) >= 11 is 1.73. The Morgan fingerprint density at radius 3 is 2.42 bits per heavy atom. The van der Waals surface area contributed by atoms with Crippen LogP contribution in [0.4, 0.5) is 0 Å². The lowest BCUT2D eigenvalue weighted by molar-refractivity contribution is -0.286. The largest absolute Gasteiger partial charge is 0.459 e. The van der Waals surface area contributed by atoms with E-state index in [1.54, 1.807) is 23.9 Å². The molecule has 8 heteroatoms. The highest BCUT2D eigenvalue weighted by atomic mass is 32.2. The molecule has 146 valence electrons. The molecule has 0 amide bonds. The molecule has 0 spiro atoms. The SMILES string of the molecule is CCCCCSc1ccc(C(=O)OCC2O[C@H](O)C(O)[C@@H](O)[C@@H]2O)cc1. The lowest BCUT2D eigenvalue weighted by atomic mass is 9.99. The second-order valence-corrected chi connectivity index (χ2v) is 7.38. The van der Waals surface area contributed by atoms with Crippen molar-refractivity contribution in [1.29, 1.82) is 0 Å². The van der Waals surface area contributed by atoms with Gasteiger partial charge in [0.2, 0.25) is 0 Å². The summed E-state index contributed by atoms with van der Waals surface area (Å²) in [6.07, 6.45) is -3.90. The number of esters is 1. The number of rotatable bonds is 8. The van der Waals surface area contributed by atoms with Gasteiger partial charge in [-0.2, -0.15) is 0 Å². The van der Waals surface area contributed by atoms with Crippen molar-refractivity contribution < 1.29 is 34.7 Å². The van der Waals surface area contributed by atoms with Crippen LogP contribution in [0.15, 0.2) is 29.2 Å². The van der Waals surface area contributed by atoms with Gasteiger partial charge in [0.25, 0.3) is 0 Å². The molecule has 5 atom stereocenters. The molecule has 2 unspecified atom stereocenters. The summed E-state index contributed by atoms with van der Waals surface area (Å²) in [4.78, 5) is 13.2. The van der Waals surface area contributed by atoms with E-state index in [1.807, 2.05) is 12.1 Å². The number of aliphatic hydroxyl groups is 4. The molecular weight excluding hydrogens is 360 g/mol. The van der Waals surface area contributed by atoms with Crippen LogP contribution in [0.5, 0.6) is 0 Å². The molecule has 0 aliphatic carbocycles. The number of benzene rings is 1. The van der Waals surface area contributed by atoms with Crippen LogP contribution >= 0.6 is 11.8 Å². The minimum Gasteiger partial charge on any atom is -0.459 e. The minimum atomic E-state index is -1.65. The van der Waals surface area contributed by atoms with Gasteiger partial charge in [-0.3, -0.25) is 0 Å². The predicted molar refractivity (Wildman–Crippen MR) is 95.9 cm³/mol. The van der Waals surface area contributed by atoms with Gasteiger partial charge in [0.1, 0.15) is 31.0 Å². The Morgan fingerprint density at radius 1 is 1.08 bits per heavy atom. The van der Waals surface area contributed by atoms with Crippen molar-refractivity contribution in [2.45, 2.75) is 61.8 Å². The molecule has 0 saturated carbocycles. The third kappa shape index (κ3) is 5.67. The second-order valence-electron chi connectivity index (χ2n) is 6.22. The Labute approximate surface area is 156 Å². The van der Waals surface area contributed by atoms with Crippen LogP contribution in [0.3, 0.4) is 0 Å². The highest BCUT2D eigenvalue weighted by Gasteiger charge is 2.43. The van der Waals surface area contributed by atoms with E-state index < -0.39 is 36.7 Å². The Morgan fingerprint density at radius 2 is 1.77 bits per heavy atom. The molecule has 1 aromatic carbocycles. The maximum Gasteiger partial charge on any atom is 0.338 e. The van der Waals surface area contributed by atoms with Crippen LogP contribution in [0.25, 0.3) is 0 Å². The second kappa shape index (κ2) is 10.2. The van der Waals surface area contributed by atoms with Crippen molar-refractivity contribution in [3.05, 3.63) is 29.8 Å². The van der Waals surface area contributed by atoms with Gasteiger partial charge < -0.3 is 29.9 Å². The number of hydrogen-bond acceptors (Lipinski definition) is 8. The minimum absolute atomic E-state index is 0.353. The number of carbonyl (C=O) groups excluding carboxylic acids is 1. The van der Waals surface area contributed by atoms with Gasteiger partial charge in [-0.25, -0.2) is 4.79 Å². The number of hydrogen-bond donors (Lipinski definition) is 4. The summed E-state index contributed by atoms with van der Waals surface area (Å²) in [6, 6.07) is 7.03. The van der Waals surface area contributed by atoms with Gasteiger partial charge in [0, 0.05) is 4.90 Å². The first kappa shape index (κ1) is 21.1. The van der Waals surface area contributed by atoms with Crippen molar-refractivity contribution >= 4 is 17.7 Å². The third-order valence-electron chi connectivity index (χ3n) is 4.17. The van der Waals surface area contributed by atoms with E-state index in [1.165, 1.54) is 12.8 Å². The summed E-state index contributed by atoms with van der Waals surface area (Å²) in [6.45, 7) is 1.81. The summed E-state index contributed by atoms with van der Waals surface area (Å²) in [7, 11) is 0. The number of thioether (sulfide) groups is 1. The Kier molecular flexibility index (Phi) is 8.33. The predicted octanol–water partition coefficient (Wildman–Crippen LogP) is 0.926. The molecule has 26 heavy (non-hydrogen) atoms. The van der Waals surface area contributed by atoms with Gasteiger partial charge in [0.15, 0.2) is 6.29 Å². The van der Waals surface area contributed by atoms with Gasteiger partial charge in [-0.1, -0.05) is 19.8 Å². The standard InChI is InChI=1S/C18H26O7S/c1-2-3-4-9-26-12-7-5-11(6-8-12)17(22)24-10-13-14(19)15(20)16(21)18(23)25-13/h5-8,13-16,18-21,23H,2-4,9-10H2,1H3/t13?,14-,15+,16?,18+/m1/s1. The average Bonchev–Trinajstić information content (AvgIpc) is 2.65. The van der Waals surface area contributed by atoms with Gasteiger partial charge in [0.05, 0.1) is 5.56 Å². The fraction of sp³-hybridized carbons (Fsp3) is 0.611. The zero-order valence-electron chi connectivity index (χ0n) is 14.7. The normalized spacial score (nSPS) is 28.7. The quantitative estimate of drug-likeness (QED) is 0.296. The molecule has 0 bridgehead atoms. The van der Waals surface area contributed by atoms with Crippen LogP contribution in [0.2, 0.25) is 0 Å². The molecule has 1 aliphatic heterocycles. The first-order valence-corrected chi connectivity index (χ1v) is 9.70. The van der Waals surface area contributed by atoms with Crippen molar-refractivity contribution in [3.8, 4) is 0 Å². The van der Waals surface area contributed by atoms with E-state index >= 15 is 0 Å². The molecule has 2 rings (SSSR count). The molecule has 1 saturated heterocycles. The highest BCUT2D eigenvalue weighted by molar-refractivity contribution is 7.99. The summed E-state index contributed by atoms with van der Waals surface area (Å²) in [5, 5.41) is 38.3. The summed E-state index contributed by atoms with van der Waals surface area (Å²) < 4.78 is 10.1. The molecule has 1 heterocycles. The topological polar surface area (TPSA) is 116 Å². The summed E-state index contributed by atoms with van der Waals surface area (Å²) in [5.41, 5.74) is 0.356. The molecular formula is C18H26O7S. The number of aliphatic hydroxyl groups excluding tert-OH is 4. The van der Waals surface area contributed by atoms with Crippen LogP contribution < -0.4 is 0 Å². The van der Waals surface area contributed by atoms with Crippen molar-refractivity contribution in [2.75, 3.05) is 12.4 Å². The van der Waals surface area contributed by atoms with Gasteiger partial charge in [-0.05, 0) is 36.4 Å². The van der Waals surface area contributed by atoms with Gasteiger partial charge >= 0.3 is 5.97 Å². The zero-order chi connectivity index (χ0) is 19.1. The van der Waals surface area contributed by atoms with Crippen molar-refractivity contribution in [1.82, 2.24) is 0 Å². The zero-order valence-corrected chi connectivity index (χ0v) is 15.5. The third-order valence-corrected chi connectivity index (χ3v) is 5.27. The number of unbranched alkanes of at least 4 members (excludes halogenated alkanes) is 2. The smallest absolute Gasteiger partial charge is 0.338 e. The van der Waals surface area contributed by atoms with E-state index in [0.717, 1.165) is 17.1 Å². The fourth-order valence-electron chi connectivity index (χ4n) is 2.54. The Balaban J connectivity index is 1.82. The highest BCUT2D eigenvalue weighted by Crippen LogP contribution is 2.22. The number of ether oxygens (including phenoxy) is 2.